The normalized spacial score (nSPS) is 11.3. The molecule has 0 fully saturated rings. The van der Waals surface area contributed by atoms with Crippen LogP contribution >= 0.6 is 11.8 Å². The second kappa shape index (κ2) is 10.9. The number of nitrogens with two attached hydrogens (primary N) is 1. The van der Waals surface area contributed by atoms with E-state index in [2.05, 4.69) is 14.9 Å². The van der Waals surface area contributed by atoms with Crippen molar-refractivity contribution in [3.05, 3.63) is 89.0 Å². The van der Waals surface area contributed by atoms with Crippen LogP contribution in [0.2, 0.25) is 0 Å². The lowest BCUT2D eigenvalue weighted by Crippen LogP contribution is -2.23. The number of thioether (sulfide) groups is 1. The summed E-state index contributed by atoms with van der Waals surface area (Å²) in [5.74, 6) is 8.08. The zero-order valence-electron chi connectivity index (χ0n) is 20.1. The number of ether oxygens (including phenoxy) is 2. The van der Waals surface area contributed by atoms with Crippen molar-refractivity contribution in [2.75, 3.05) is 12.4 Å². The van der Waals surface area contributed by atoms with Gasteiger partial charge in [0.05, 0.1) is 29.0 Å². The lowest BCUT2D eigenvalue weighted by atomic mass is 10.2. The van der Waals surface area contributed by atoms with Gasteiger partial charge in [-0.3, -0.25) is 9.36 Å². The highest BCUT2D eigenvalue weighted by atomic mass is 32.2. The van der Waals surface area contributed by atoms with E-state index < -0.39 is 6.61 Å². The molecule has 3 aromatic carbocycles. The average Bonchev–Trinajstić information content (AvgIpc) is 3.28. The zero-order valence-corrected chi connectivity index (χ0v) is 20.9. The van der Waals surface area contributed by atoms with E-state index in [4.69, 9.17) is 15.6 Å². The molecule has 2 N–H and O–H groups in total. The Bertz CT molecular complexity index is 1620. The van der Waals surface area contributed by atoms with Crippen molar-refractivity contribution in [3.63, 3.8) is 0 Å². The van der Waals surface area contributed by atoms with Crippen LogP contribution < -0.4 is 20.9 Å². The van der Waals surface area contributed by atoms with Crippen LogP contribution in [0.5, 0.6) is 11.5 Å². The van der Waals surface area contributed by atoms with E-state index in [1.54, 1.807) is 47.0 Å². The van der Waals surface area contributed by atoms with Gasteiger partial charge in [0.25, 0.3) is 5.56 Å². The number of nitrogens with zero attached hydrogens (tertiary/aromatic N) is 5. The van der Waals surface area contributed by atoms with Crippen LogP contribution in [0.25, 0.3) is 28.0 Å². The molecule has 0 aliphatic rings. The Morgan fingerprint density at radius 3 is 2.39 bits per heavy atom. The van der Waals surface area contributed by atoms with Gasteiger partial charge in [0.1, 0.15) is 17.3 Å². The summed E-state index contributed by atoms with van der Waals surface area (Å²) in [5, 5.41) is 9.19. The van der Waals surface area contributed by atoms with Crippen molar-refractivity contribution in [1.82, 2.24) is 24.4 Å². The number of alkyl halides is 2. The van der Waals surface area contributed by atoms with Crippen LogP contribution in [0.3, 0.4) is 0 Å². The quantitative estimate of drug-likeness (QED) is 0.214. The van der Waals surface area contributed by atoms with E-state index in [1.165, 1.54) is 28.6 Å². The van der Waals surface area contributed by atoms with E-state index in [0.29, 0.717) is 51.3 Å². The fourth-order valence-corrected chi connectivity index (χ4v) is 4.66. The fourth-order valence-electron chi connectivity index (χ4n) is 3.89. The molecule has 5 aromatic rings. The Balaban J connectivity index is 1.45. The Morgan fingerprint density at radius 1 is 0.974 bits per heavy atom. The SMILES string of the molecule is CCOc1ccc(-n2c(CSc3nnc(-c4ccc(OC(F)F)cc4)n3N)nc3ccccc3c2=O)cc1. The minimum atomic E-state index is -2.91. The molecule has 38 heavy (non-hydrogen) atoms. The summed E-state index contributed by atoms with van der Waals surface area (Å²) >= 11 is 1.26. The highest BCUT2D eigenvalue weighted by Crippen LogP contribution is 2.27. The molecule has 0 atom stereocenters. The van der Waals surface area contributed by atoms with Crippen molar-refractivity contribution in [2.24, 2.45) is 0 Å². The first-order valence-electron chi connectivity index (χ1n) is 11.6. The maximum absolute atomic E-state index is 13.5. The molecular formula is C26H22F2N6O3S. The second-order valence-corrected chi connectivity index (χ2v) is 8.92. The van der Waals surface area contributed by atoms with Gasteiger partial charge in [0.2, 0.25) is 5.16 Å². The summed E-state index contributed by atoms with van der Waals surface area (Å²) < 4.78 is 37.6. The van der Waals surface area contributed by atoms with Gasteiger partial charge < -0.3 is 15.3 Å². The van der Waals surface area contributed by atoms with Crippen LogP contribution in [0, 0.1) is 0 Å². The summed E-state index contributed by atoms with van der Waals surface area (Å²) in [6.07, 6.45) is 0. The van der Waals surface area contributed by atoms with Crippen molar-refractivity contribution >= 4 is 22.7 Å². The van der Waals surface area contributed by atoms with Gasteiger partial charge in [-0.25, -0.2) is 9.66 Å². The summed E-state index contributed by atoms with van der Waals surface area (Å²) in [5.41, 5.74) is 1.60. The molecule has 0 saturated heterocycles. The number of fused-ring (bicyclic) bond motifs is 1. The van der Waals surface area contributed by atoms with Crippen molar-refractivity contribution in [1.29, 1.82) is 0 Å². The molecule has 194 valence electrons. The molecule has 12 heteroatoms. The van der Waals surface area contributed by atoms with Crippen LogP contribution in [0.4, 0.5) is 8.78 Å². The van der Waals surface area contributed by atoms with Crippen molar-refractivity contribution in [2.45, 2.75) is 24.4 Å². The third-order valence-electron chi connectivity index (χ3n) is 5.58. The van der Waals surface area contributed by atoms with Gasteiger partial charge in [-0.2, -0.15) is 8.78 Å². The average molecular weight is 537 g/mol. The van der Waals surface area contributed by atoms with Gasteiger partial charge in [-0.1, -0.05) is 23.9 Å². The smallest absolute Gasteiger partial charge is 0.387 e. The second-order valence-electron chi connectivity index (χ2n) is 7.98. The zero-order chi connectivity index (χ0) is 26.6. The first-order chi connectivity index (χ1) is 18.4. The molecule has 0 spiro atoms. The van der Waals surface area contributed by atoms with Crippen molar-refractivity contribution in [3.8, 4) is 28.6 Å². The predicted molar refractivity (Wildman–Crippen MR) is 140 cm³/mol. The number of rotatable bonds is 9. The number of benzene rings is 3. The molecule has 0 aliphatic carbocycles. The van der Waals surface area contributed by atoms with E-state index in [9.17, 15) is 13.6 Å². The van der Waals surface area contributed by atoms with Gasteiger partial charge in [-0.15, -0.1) is 10.2 Å². The Kier molecular flexibility index (Phi) is 7.22. The van der Waals surface area contributed by atoms with Gasteiger partial charge >= 0.3 is 6.61 Å². The Morgan fingerprint density at radius 2 is 1.68 bits per heavy atom. The number of nitrogen functional groups attached to an aromatic ring is 1. The predicted octanol–water partition coefficient (Wildman–Crippen LogP) is 4.65. The lowest BCUT2D eigenvalue weighted by Gasteiger charge is -2.14. The minimum Gasteiger partial charge on any atom is -0.494 e. The van der Waals surface area contributed by atoms with Crippen molar-refractivity contribution < 1.29 is 18.3 Å². The highest BCUT2D eigenvalue weighted by Gasteiger charge is 2.17. The maximum Gasteiger partial charge on any atom is 0.387 e. The van der Waals surface area contributed by atoms with Crippen LogP contribution in [-0.4, -0.2) is 37.6 Å². The topological polar surface area (TPSA) is 110 Å². The Hall–Kier alpha value is -4.45. The summed E-state index contributed by atoms with van der Waals surface area (Å²) in [7, 11) is 0. The molecule has 0 bridgehead atoms. The largest absolute Gasteiger partial charge is 0.494 e. The fraction of sp³-hybridized carbons (Fsp3) is 0.154. The number of hydrogen-bond donors (Lipinski definition) is 1. The molecular weight excluding hydrogens is 514 g/mol. The maximum atomic E-state index is 13.5. The first-order valence-corrected chi connectivity index (χ1v) is 12.6. The van der Waals surface area contributed by atoms with Gasteiger partial charge in [0, 0.05) is 5.56 Å². The molecule has 5 rings (SSSR count). The van der Waals surface area contributed by atoms with Gasteiger partial charge in [0.15, 0.2) is 5.82 Å². The highest BCUT2D eigenvalue weighted by molar-refractivity contribution is 7.98. The third-order valence-corrected chi connectivity index (χ3v) is 6.52. The molecule has 2 aromatic heterocycles. The monoisotopic (exact) mass is 536 g/mol. The summed E-state index contributed by atoms with van der Waals surface area (Å²) in [4.78, 5) is 18.2. The minimum absolute atomic E-state index is 0.0241. The first kappa shape index (κ1) is 25.2. The molecule has 0 radical (unpaired) electrons. The van der Waals surface area contributed by atoms with E-state index in [1.807, 2.05) is 25.1 Å². The molecule has 0 amide bonds. The molecule has 0 aliphatic heterocycles. The molecule has 9 nitrogen and oxygen atoms in total. The summed E-state index contributed by atoms with van der Waals surface area (Å²) in [6, 6.07) is 20.3. The molecule has 2 heterocycles. The van der Waals surface area contributed by atoms with E-state index in [0.717, 1.165) is 0 Å². The van der Waals surface area contributed by atoms with E-state index >= 15 is 0 Å². The van der Waals surface area contributed by atoms with E-state index in [-0.39, 0.29) is 17.1 Å². The number of para-hydroxylation sites is 1. The summed E-state index contributed by atoms with van der Waals surface area (Å²) in [6.45, 7) is -0.473. The number of aromatic nitrogens is 5. The Labute approximate surface area is 219 Å². The lowest BCUT2D eigenvalue weighted by molar-refractivity contribution is -0.0498. The van der Waals surface area contributed by atoms with Crippen LogP contribution in [-0.2, 0) is 5.75 Å². The third kappa shape index (κ3) is 5.16. The molecule has 0 saturated carbocycles. The standard InChI is InChI=1S/C26H22F2N6O3S/c1-2-36-18-13-9-17(10-14-18)33-22(30-21-6-4-3-5-20(21)24(33)35)15-38-26-32-31-23(34(26)29)16-7-11-19(12-8-16)37-25(27)28/h3-14,25H,2,15,29H2,1H3. The number of halogens is 2. The molecule has 0 unspecified atom stereocenters. The van der Waals surface area contributed by atoms with Crippen LogP contribution in [0.15, 0.2) is 82.7 Å². The van der Waals surface area contributed by atoms with Gasteiger partial charge in [-0.05, 0) is 67.6 Å². The number of hydrogen-bond acceptors (Lipinski definition) is 8. The van der Waals surface area contributed by atoms with Crippen LogP contribution in [0.1, 0.15) is 12.7 Å².